The first-order valence-corrected chi connectivity index (χ1v) is 6.96. The van der Waals surface area contributed by atoms with Crippen LogP contribution >= 0.6 is 0 Å². The van der Waals surface area contributed by atoms with Crippen LogP contribution in [0.5, 0.6) is 0 Å². The van der Waals surface area contributed by atoms with Crippen molar-refractivity contribution < 1.29 is 0 Å². The van der Waals surface area contributed by atoms with Crippen LogP contribution in [0, 0.1) is 0 Å². The minimum absolute atomic E-state index is 0.312. The molecule has 0 spiro atoms. The molecule has 0 amide bonds. The summed E-state index contributed by atoms with van der Waals surface area (Å²) in [6, 6.07) is 11.2. The van der Waals surface area contributed by atoms with Gasteiger partial charge in [-0.3, -0.25) is 4.98 Å². The Balaban J connectivity index is 2.31. The van der Waals surface area contributed by atoms with Gasteiger partial charge in [0.05, 0.1) is 0 Å². The van der Waals surface area contributed by atoms with Gasteiger partial charge < -0.3 is 10.2 Å². The van der Waals surface area contributed by atoms with E-state index >= 15 is 0 Å². The van der Waals surface area contributed by atoms with Crippen molar-refractivity contribution in [2.24, 2.45) is 0 Å². The SMILES string of the molecule is CNC(C)c1cncc(-c2cccc(CN(C)C)c2)c1. The zero-order chi connectivity index (χ0) is 14.5. The van der Waals surface area contributed by atoms with Gasteiger partial charge in [-0.05, 0) is 56.9 Å². The molecule has 3 nitrogen and oxygen atoms in total. The summed E-state index contributed by atoms with van der Waals surface area (Å²) in [4.78, 5) is 6.55. The van der Waals surface area contributed by atoms with Crippen molar-refractivity contribution in [3.8, 4) is 11.1 Å². The van der Waals surface area contributed by atoms with Gasteiger partial charge in [0.15, 0.2) is 0 Å². The fraction of sp³-hybridized carbons (Fsp3) is 0.353. The lowest BCUT2D eigenvalue weighted by Gasteiger charge is -2.13. The Morgan fingerprint density at radius 2 is 1.95 bits per heavy atom. The predicted molar refractivity (Wildman–Crippen MR) is 84.5 cm³/mol. The van der Waals surface area contributed by atoms with Crippen LogP contribution in [-0.2, 0) is 6.54 Å². The van der Waals surface area contributed by atoms with Crippen molar-refractivity contribution in [1.29, 1.82) is 0 Å². The molecule has 1 unspecified atom stereocenters. The Morgan fingerprint density at radius 3 is 2.65 bits per heavy atom. The van der Waals surface area contributed by atoms with Crippen LogP contribution in [0.2, 0.25) is 0 Å². The molecule has 0 saturated heterocycles. The molecule has 0 aliphatic rings. The molecule has 0 fully saturated rings. The minimum Gasteiger partial charge on any atom is -0.313 e. The molecule has 0 bridgehead atoms. The standard InChI is InChI=1S/C17H23N3/c1-13(18-2)16-9-17(11-19-10-16)15-7-5-6-14(8-15)12-20(3)4/h5-11,13,18H,12H2,1-4H3. The van der Waals surface area contributed by atoms with E-state index in [1.54, 1.807) is 0 Å². The highest BCUT2D eigenvalue weighted by atomic mass is 15.0. The number of pyridine rings is 1. The van der Waals surface area contributed by atoms with E-state index in [4.69, 9.17) is 0 Å². The molecule has 0 aliphatic carbocycles. The molecule has 3 heteroatoms. The molecule has 1 aromatic carbocycles. The number of hydrogen-bond donors (Lipinski definition) is 1. The lowest BCUT2D eigenvalue weighted by molar-refractivity contribution is 0.402. The molecule has 1 atom stereocenters. The number of rotatable bonds is 5. The van der Waals surface area contributed by atoms with Crippen LogP contribution in [0.15, 0.2) is 42.7 Å². The molecular formula is C17H23N3. The minimum atomic E-state index is 0.312. The maximum absolute atomic E-state index is 4.37. The first-order valence-electron chi connectivity index (χ1n) is 6.96. The Kier molecular flexibility index (Phi) is 4.88. The summed E-state index contributed by atoms with van der Waals surface area (Å²) in [5, 5.41) is 3.25. The maximum Gasteiger partial charge on any atom is 0.0346 e. The van der Waals surface area contributed by atoms with E-state index < -0.39 is 0 Å². The van der Waals surface area contributed by atoms with Gasteiger partial charge in [-0.25, -0.2) is 0 Å². The summed E-state index contributed by atoms with van der Waals surface area (Å²) in [5.74, 6) is 0. The van der Waals surface area contributed by atoms with Gasteiger partial charge in [-0.2, -0.15) is 0 Å². The molecule has 1 aromatic heterocycles. The molecule has 106 valence electrons. The number of nitrogens with zero attached hydrogens (tertiary/aromatic N) is 2. The summed E-state index contributed by atoms with van der Waals surface area (Å²) >= 11 is 0. The zero-order valence-corrected chi connectivity index (χ0v) is 12.7. The van der Waals surface area contributed by atoms with Gasteiger partial charge in [-0.15, -0.1) is 0 Å². The topological polar surface area (TPSA) is 28.2 Å². The fourth-order valence-electron chi connectivity index (χ4n) is 2.23. The monoisotopic (exact) mass is 269 g/mol. The summed E-state index contributed by atoms with van der Waals surface area (Å²) in [6.45, 7) is 3.09. The van der Waals surface area contributed by atoms with Crippen LogP contribution < -0.4 is 5.32 Å². The quantitative estimate of drug-likeness (QED) is 0.904. The molecule has 0 saturated carbocycles. The highest BCUT2D eigenvalue weighted by Gasteiger charge is 2.06. The van der Waals surface area contributed by atoms with Gasteiger partial charge in [0.25, 0.3) is 0 Å². The highest BCUT2D eigenvalue weighted by molar-refractivity contribution is 5.64. The molecule has 0 radical (unpaired) electrons. The van der Waals surface area contributed by atoms with E-state index in [0.29, 0.717) is 6.04 Å². The number of hydrogen-bond acceptors (Lipinski definition) is 3. The van der Waals surface area contributed by atoms with Crippen molar-refractivity contribution in [3.05, 3.63) is 53.9 Å². The second-order valence-corrected chi connectivity index (χ2v) is 5.46. The van der Waals surface area contributed by atoms with Gasteiger partial charge in [0.2, 0.25) is 0 Å². The third kappa shape index (κ3) is 3.65. The molecule has 2 rings (SSSR count). The second kappa shape index (κ2) is 6.64. The van der Waals surface area contributed by atoms with Gasteiger partial charge >= 0.3 is 0 Å². The predicted octanol–water partition coefficient (Wildman–Crippen LogP) is 3.09. The van der Waals surface area contributed by atoms with E-state index in [9.17, 15) is 0 Å². The fourth-order valence-corrected chi connectivity index (χ4v) is 2.23. The first-order chi connectivity index (χ1) is 9.60. The summed E-state index contributed by atoms with van der Waals surface area (Å²) < 4.78 is 0. The van der Waals surface area contributed by atoms with Gasteiger partial charge in [0.1, 0.15) is 0 Å². The van der Waals surface area contributed by atoms with Gasteiger partial charge in [0, 0.05) is 30.5 Å². The Labute approximate surface area is 121 Å². The number of benzene rings is 1. The first kappa shape index (κ1) is 14.7. The van der Waals surface area contributed by atoms with E-state index in [0.717, 1.165) is 6.54 Å². The highest BCUT2D eigenvalue weighted by Crippen LogP contribution is 2.23. The normalized spacial score (nSPS) is 12.7. The molecule has 20 heavy (non-hydrogen) atoms. The Bertz CT molecular complexity index is 564. The lowest BCUT2D eigenvalue weighted by Crippen LogP contribution is -2.12. The third-order valence-corrected chi connectivity index (χ3v) is 3.45. The van der Waals surface area contributed by atoms with Crippen LogP contribution in [0.4, 0.5) is 0 Å². The molecule has 1 heterocycles. The van der Waals surface area contributed by atoms with E-state index in [-0.39, 0.29) is 0 Å². The van der Waals surface area contributed by atoms with E-state index in [2.05, 4.69) is 66.6 Å². The zero-order valence-electron chi connectivity index (χ0n) is 12.7. The number of nitrogens with one attached hydrogen (secondary N) is 1. The molecular weight excluding hydrogens is 246 g/mol. The van der Waals surface area contributed by atoms with Crippen molar-refractivity contribution >= 4 is 0 Å². The summed E-state index contributed by atoms with van der Waals surface area (Å²) in [5.41, 5.74) is 4.93. The van der Waals surface area contributed by atoms with Crippen LogP contribution in [0.25, 0.3) is 11.1 Å². The van der Waals surface area contributed by atoms with Crippen molar-refractivity contribution in [3.63, 3.8) is 0 Å². The van der Waals surface area contributed by atoms with Crippen molar-refractivity contribution in [2.45, 2.75) is 19.5 Å². The smallest absolute Gasteiger partial charge is 0.0346 e. The summed E-state index contributed by atoms with van der Waals surface area (Å²) in [6.07, 6.45) is 3.86. The average Bonchev–Trinajstić information content (AvgIpc) is 2.46. The van der Waals surface area contributed by atoms with Crippen LogP contribution in [-0.4, -0.2) is 31.0 Å². The lowest BCUT2D eigenvalue weighted by atomic mass is 10.0. The third-order valence-electron chi connectivity index (χ3n) is 3.45. The second-order valence-electron chi connectivity index (χ2n) is 5.46. The van der Waals surface area contributed by atoms with E-state index in [1.165, 1.54) is 22.3 Å². The van der Waals surface area contributed by atoms with Crippen LogP contribution in [0.3, 0.4) is 0 Å². The van der Waals surface area contributed by atoms with Crippen molar-refractivity contribution in [1.82, 2.24) is 15.2 Å². The molecule has 2 aromatic rings. The summed E-state index contributed by atoms with van der Waals surface area (Å²) in [7, 11) is 6.14. The average molecular weight is 269 g/mol. The Hall–Kier alpha value is -1.71. The Morgan fingerprint density at radius 1 is 1.15 bits per heavy atom. The number of aromatic nitrogens is 1. The maximum atomic E-state index is 4.37. The van der Waals surface area contributed by atoms with Gasteiger partial charge in [-0.1, -0.05) is 18.2 Å². The molecule has 0 aliphatic heterocycles. The molecule has 1 N–H and O–H groups in total. The van der Waals surface area contributed by atoms with Crippen molar-refractivity contribution in [2.75, 3.05) is 21.1 Å². The largest absolute Gasteiger partial charge is 0.313 e. The van der Waals surface area contributed by atoms with E-state index in [1.807, 2.05) is 19.4 Å². The van der Waals surface area contributed by atoms with Crippen LogP contribution in [0.1, 0.15) is 24.1 Å².